The quantitative estimate of drug-likeness (QED) is 0.851. The summed E-state index contributed by atoms with van der Waals surface area (Å²) < 4.78 is 5.66. The van der Waals surface area contributed by atoms with Crippen molar-refractivity contribution in [2.75, 3.05) is 19.7 Å². The monoisotopic (exact) mass is 277 g/mol. The van der Waals surface area contributed by atoms with Crippen molar-refractivity contribution in [3.63, 3.8) is 0 Å². The number of nitrogens with zero attached hydrogens (tertiary/aromatic N) is 2. The van der Waals surface area contributed by atoms with E-state index in [9.17, 15) is 4.79 Å². The van der Waals surface area contributed by atoms with Crippen molar-refractivity contribution in [3.8, 4) is 0 Å². The number of rotatable bonds is 6. The molecule has 1 aliphatic heterocycles. The smallest absolute Gasteiger partial charge is 0.254 e. The van der Waals surface area contributed by atoms with Gasteiger partial charge in [-0.25, -0.2) is 0 Å². The van der Waals surface area contributed by atoms with E-state index in [1.807, 2.05) is 24.0 Å². The van der Waals surface area contributed by atoms with Crippen molar-refractivity contribution >= 4 is 5.91 Å². The summed E-state index contributed by atoms with van der Waals surface area (Å²) in [7, 11) is 0. The molecule has 5 nitrogen and oxygen atoms in total. The van der Waals surface area contributed by atoms with Crippen LogP contribution in [0.2, 0.25) is 0 Å². The summed E-state index contributed by atoms with van der Waals surface area (Å²) in [5.74, 6) is 0.0623. The van der Waals surface area contributed by atoms with E-state index < -0.39 is 5.60 Å². The third kappa shape index (κ3) is 3.55. The molecule has 1 atom stereocenters. The second kappa shape index (κ2) is 6.81. The van der Waals surface area contributed by atoms with Crippen molar-refractivity contribution in [2.24, 2.45) is 5.73 Å². The summed E-state index contributed by atoms with van der Waals surface area (Å²) in [5, 5.41) is 0. The van der Waals surface area contributed by atoms with Crippen molar-refractivity contribution < 1.29 is 9.53 Å². The standard InChI is InChI=1S/C15H23N3O2/c1-15(6-3-10-20-15)14(19)18(9-4-7-16)12-13-5-2-8-17-11-13/h2,5,8,11H,3-4,6-7,9-10,12,16H2,1H3. The van der Waals surface area contributed by atoms with Crippen LogP contribution in [0, 0.1) is 0 Å². The van der Waals surface area contributed by atoms with Gasteiger partial charge in [0.15, 0.2) is 0 Å². The first-order chi connectivity index (χ1) is 9.65. The second-order valence-electron chi connectivity index (χ2n) is 5.41. The first kappa shape index (κ1) is 14.9. The Balaban J connectivity index is 2.08. The normalized spacial score (nSPS) is 21.9. The van der Waals surface area contributed by atoms with Crippen LogP contribution in [0.25, 0.3) is 0 Å². The minimum Gasteiger partial charge on any atom is -0.365 e. The van der Waals surface area contributed by atoms with Gasteiger partial charge in [-0.1, -0.05) is 6.07 Å². The molecule has 0 aliphatic carbocycles. The van der Waals surface area contributed by atoms with Gasteiger partial charge in [0.25, 0.3) is 5.91 Å². The van der Waals surface area contributed by atoms with Gasteiger partial charge in [0.1, 0.15) is 5.60 Å². The first-order valence-corrected chi connectivity index (χ1v) is 7.18. The fraction of sp³-hybridized carbons (Fsp3) is 0.600. The third-order valence-corrected chi connectivity index (χ3v) is 3.69. The van der Waals surface area contributed by atoms with E-state index in [1.54, 1.807) is 12.4 Å². The molecule has 2 heterocycles. The number of aromatic nitrogens is 1. The number of carbonyl (C=O) groups is 1. The van der Waals surface area contributed by atoms with Crippen LogP contribution in [0.5, 0.6) is 0 Å². The van der Waals surface area contributed by atoms with E-state index in [0.717, 1.165) is 24.8 Å². The lowest BCUT2D eigenvalue weighted by molar-refractivity contribution is -0.151. The summed E-state index contributed by atoms with van der Waals surface area (Å²) in [6.07, 6.45) is 6.05. The minimum absolute atomic E-state index is 0.0623. The zero-order valence-electron chi connectivity index (χ0n) is 12.0. The largest absolute Gasteiger partial charge is 0.365 e. The number of hydrogen-bond acceptors (Lipinski definition) is 4. The fourth-order valence-corrected chi connectivity index (χ4v) is 2.53. The number of hydrogen-bond donors (Lipinski definition) is 1. The van der Waals surface area contributed by atoms with Crippen LogP contribution in [0.3, 0.4) is 0 Å². The van der Waals surface area contributed by atoms with Gasteiger partial charge in [-0.05, 0) is 44.4 Å². The summed E-state index contributed by atoms with van der Waals surface area (Å²) in [5.41, 5.74) is 5.93. The molecule has 5 heteroatoms. The van der Waals surface area contributed by atoms with Crippen LogP contribution in [-0.2, 0) is 16.1 Å². The lowest BCUT2D eigenvalue weighted by Crippen LogP contribution is -2.47. The highest BCUT2D eigenvalue weighted by Gasteiger charge is 2.40. The Morgan fingerprint density at radius 1 is 1.60 bits per heavy atom. The Bertz CT molecular complexity index is 430. The van der Waals surface area contributed by atoms with Gasteiger partial charge < -0.3 is 15.4 Å². The number of amides is 1. The topological polar surface area (TPSA) is 68.5 Å². The van der Waals surface area contributed by atoms with Crippen molar-refractivity contribution in [2.45, 2.75) is 38.3 Å². The minimum atomic E-state index is -0.670. The van der Waals surface area contributed by atoms with E-state index in [1.165, 1.54) is 0 Å². The van der Waals surface area contributed by atoms with E-state index >= 15 is 0 Å². The Kier molecular flexibility index (Phi) is 5.09. The molecule has 0 bridgehead atoms. The number of nitrogens with two attached hydrogens (primary N) is 1. The maximum Gasteiger partial charge on any atom is 0.254 e. The van der Waals surface area contributed by atoms with Crippen LogP contribution in [-0.4, -0.2) is 41.1 Å². The lowest BCUT2D eigenvalue weighted by atomic mass is 10.0. The van der Waals surface area contributed by atoms with Gasteiger partial charge in [-0.3, -0.25) is 9.78 Å². The molecule has 2 rings (SSSR count). The summed E-state index contributed by atoms with van der Waals surface area (Å²) >= 11 is 0. The molecule has 0 radical (unpaired) electrons. The molecule has 0 aromatic carbocycles. The van der Waals surface area contributed by atoms with Crippen molar-refractivity contribution in [1.82, 2.24) is 9.88 Å². The molecule has 1 aromatic heterocycles. The highest BCUT2D eigenvalue weighted by molar-refractivity contribution is 5.85. The second-order valence-corrected chi connectivity index (χ2v) is 5.41. The van der Waals surface area contributed by atoms with Crippen LogP contribution in [0.1, 0.15) is 31.7 Å². The number of pyridine rings is 1. The van der Waals surface area contributed by atoms with E-state index in [4.69, 9.17) is 10.5 Å². The van der Waals surface area contributed by atoms with Crippen molar-refractivity contribution in [1.29, 1.82) is 0 Å². The van der Waals surface area contributed by atoms with Crippen LogP contribution in [0.15, 0.2) is 24.5 Å². The average molecular weight is 277 g/mol. The molecule has 1 aliphatic rings. The Hall–Kier alpha value is -1.46. The molecule has 1 aromatic rings. The Morgan fingerprint density at radius 2 is 2.45 bits per heavy atom. The molecule has 110 valence electrons. The summed E-state index contributed by atoms with van der Waals surface area (Å²) in [4.78, 5) is 18.7. The summed E-state index contributed by atoms with van der Waals surface area (Å²) in [6.45, 7) is 4.35. The Morgan fingerprint density at radius 3 is 3.05 bits per heavy atom. The molecule has 0 spiro atoms. The van der Waals surface area contributed by atoms with Gasteiger partial charge in [-0.2, -0.15) is 0 Å². The molecule has 1 amide bonds. The molecule has 0 saturated carbocycles. The van der Waals surface area contributed by atoms with Crippen molar-refractivity contribution in [3.05, 3.63) is 30.1 Å². The van der Waals surface area contributed by atoms with Gasteiger partial charge >= 0.3 is 0 Å². The number of ether oxygens (including phenoxy) is 1. The Labute approximate surface area is 120 Å². The zero-order valence-corrected chi connectivity index (χ0v) is 12.0. The SMILES string of the molecule is CC1(C(=O)N(CCCN)Cc2cccnc2)CCCO1. The zero-order chi connectivity index (χ0) is 14.4. The maximum atomic E-state index is 12.7. The maximum absolute atomic E-state index is 12.7. The fourth-order valence-electron chi connectivity index (χ4n) is 2.53. The van der Waals surface area contributed by atoms with Gasteiger partial charge in [0, 0.05) is 32.1 Å². The lowest BCUT2D eigenvalue weighted by Gasteiger charge is -2.31. The average Bonchev–Trinajstić information content (AvgIpc) is 2.92. The molecule has 1 unspecified atom stereocenters. The highest BCUT2D eigenvalue weighted by Crippen LogP contribution is 2.28. The first-order valence-electron chi connectivity index (χ1n) is 7.18. The van der Waals surface area contributed by atoms with Gasteiger partial charge in [0.05, 0.1) is 0 Å². The predicted octanol–water partition coefficient (Wildman–Crippen LogP) is 1.33. The molecule has 2 N–H and O–H groups in total. The van der Waals surface area contributed by atoms with Gasteiger partial charge in [0.2, 0.25) is 0 Å². The van der Waals surface area contributed by atoms with Crippen LogP contribution in [0.4, 0.5) is 0 Å². The highest BCUT2D eigenvalue weighted by atomic mass is 16.5. The molecular weight excluding hydrogens is 254 g/mol. The molecule has 1 saturated heterocycles. The van der Waals surface area contributed by atoms with Crippen LogP contribution >= 0.6 is 0 Å². The third-order valence-electron chi connectivity index (χ3n) is 3.69. The molecule has 1 fully saturated rings. The summed E-state index contributed by atoms with van der Waals surface area (Å²) in [6, 6.07) is 3.86. The molecule has 20 heavy (non-hydrogen) atoms. The van der Waals surface area contributed by atoms with Crippen LogP contribution < -0.4 is 5.73 Å². The van der Waals surface area contributed by atoms with E-state index in [0.29, 0.717) is 26.2 Å². The predicted molar refractivity (Wildman–Crippen MR) is 76.9 cm³/mol. The van der Waals surface area contributed by atoms with E-state index in [2.05, 4.69) is 4.98 Å². The van der Waals surface area contributed by atoms with E-state index in [-0.39, 0.29) is 5.91 Å². The molecular formula is C15H23N3O2. The van der Waals surface area contributed by atoms with Gasteiger partial charge in [-0.15, -0.1) is 0 Å². The number of carbonyl (C=O) groups excluding carboxylic acids is 1.